The number of ether oxygens (including phenoxy) is 2. The molecule has 1 aromatic heterocycles. The number of carbonyl (C=O) groups is 2. The number of amides is 2. The second-order valence-corrected chi connectivity index (χ2v) is 9.64. The van der Waals surface area contributed by atoms with Crippen LogP contribution in [0.25, 0.3) is 0 Å². The number of rotatable bonds is 9. The summed E-state index contributed by atoms with van der Waals surface area (Å²) in [7, 11) is 3.04. The van der Waals surface area contributed by atoms with Crippen LogP contribution >= 0.6 is 23.2 Å². The Balaban J connectivity index is 1.58. The molecule has 2 heterocycles. The topological polar surface area (TPSA) is 126 Å². The Hall–Kier alpha value is -3.60. The van der Waals surface area contributed by atoms with Gasteiger partial charge in [0.25, 0.3) is 11.8 Å². The summed E-state index contributed by atoms with van der Waals surface area (Å²) in [6, 6.07) is 8.56. The Morgan fingerprint density at radius 2 is 1.87 bits per heavy atom. The Kier molecular flexibility index (Phi) is 9.45. The zero-order chi connectivity index (χ0) is 27.9. The maximum Gasteiger partial charge on any atom is 0.255 e. The van der Waals surface area contributed by atoms with Crippen LogP contribution in [0, 0.1) is 0 Å². The third-order valence-electron chi connectivity index (χ3n) is 6.32. The summed E-state index contributed by atoms with van der Waals surface area (Å²) >= 11 is 12.8. The Morgan fingerprint density at radius 1 is 1.10 bits per heavy atom. The molecule has 1 aliphatic rings. The molecular formula is C27H30Cl2N6O4. The van der Waals surface area contributed by atoms with Crippen LogP contribution in [0.4, 0.5) is 11.6 Å². The summed E-state index contributed by atoms with van der Waals surface area (Å²) in [6.45, 7) is 3.66. The van der Waals surface area contributed by atoms with Crippen molar-refractivity contribution in [2.45, 2.75) is 32.2 Å². The summed E-state index contributed by atoms with van der Waals surface area (Å²) in [6.07, 6.45) is 3.72. The quantitative estimate of drug-likeness (QED) is 0.290. The molecule has 0 spiro atoms. The molecule has 1 aliphatic heterocycles. The number of nitrogens with zero attached hydrogens (tertiary/aromatic N) is 2. The zero-order valence-electron chi connectivity index (χ0n) is 21.9. The molecule has 4 rings (SSSR count). The minimum atomic E-state index is -0.283. The average Bonchev–Trinajstić information content (AvgIpc) is 2.94. The number of anilines is 2. The minimum absolute atomic E-state index is 0.0515. The van der Waals surface area contributed by atoms with E-state index in [0.29, 0.717) is 34.7 Å². The van der Waals surface area contributed by atoms with Crippen molar-refractivity contribution in [3.8, 4) is 17.4 Å². The Morgan fingerprint density at radius 3 is 2.56 bits per heavy atom. The van der Waals surface area contributed by atoms with Crippen LogP contribution in [0.3, 0.4) is 0 Å². The molecular weight excluding hydrogens is 543 g/mol. The number of nitrogens with one attached hydrogen (secondary N) is 4. The van der Waals surface area contributed by atoms with Crippen LogP contribution in [0.1, 0.15) is 46.0 Å². The molecule has 206 valence electrons. The molecule has 1 saturated heterocycles. The monoisotopic (exact) mass is 572 g/mol. The van der Waals surface area contributed by atoms with E-state index in [0.717, 1.165) is 31.5 Å². The maximum absolute atomic E-state index is 12.9. The van der Waals surface area contributed by atoms with Gasteiger partial charge >= 0.3 is 0 Å². The fourth-order valence-corrected chi connectivity index (χ4v) is 4.65. The number of benzene rings is 2. The van der Waals surface area contributed by atoms with E-state index in [4.69, 9.17) is 32.7 Å². The number of piperidine rings is 1. The van der Waals surface area contributed by atoms with Crippen molar-refractivity contribution in [2.75, 3.05) is 32.6 Å². The van der Waals surface area contributed by atoms with E-state index in [1.807, 2.05) is 13.0 Å². The number of aryl methyl sites for hydroxylation is 1. The number of hydrogen-bond acceptors (Lipinski definition) is 8. The highest BCUT2D eigenvalue weighted by atomic mass is 35.5. The van der Waals surface area contributed by atoms with Gasteiger partial charge in [0.15, 0.2) is 0 Å². The molecule has 12 heteroatoms. The summed E-state index contributed by atoms with van der Waals surface area (Å²) < 4.78 is 11.5. The molecule has 2 aromatic carbocycles. The predicted molar refractivity (Wildman–Crippen MR) is 151 cm³/mol. The van der Waals surface area contributed by atoms with E-state index in [9.17, 15) is 9.59 Å². The molecule has 10 nitrogen and oxygen atoms in total. The highest BCUT2D eigenvalue weighted by molar-refractivity contribution is 6.34. The van der Waals surface area contributed by atoms with Gasteiger partial charge in [-0.25, -0.2) is 4.98 Å². The largest absolute Gasteiger partial charge is 0.495 e. The molecule has 0 radical (unpaired) electrons. The second-order valence-electron chi connectivity index (χ2n) is 8.83. The highest BCUT2D eigenvalue weighted by Gasteiger charge is 2.22. The summed E-state index contributed by atoms with van der Waals surface area (Å²) in [4.78, 5) is 34.1. The molecule has 0 bridgehead atoms. The predicted octanol–water partition coefficient (Wildman–Crippen LogP) is 4.73. The zero-order valence-corrected chi connectivity index (χ0v) is 23.4. The number of methoxy groups -OCH3 is 1. The van der Waals surface area contributed by atoms with E-state index in [2.05, 4.69) is 31.2 Å². The molecule has 2 amide bonds. The summed E-state index contributed by atoms with van der Waals surface area (Å²) in [5, 5.41) is 12.4. The lowest BCUT2D eigenvalue weighted by molar-refractivity contribution is 0.0927. The van der Waals surface area contributed by atoms with Crippen molar-refractivity contribution in [1.29, 1.82) is 0 Å². The number of hydrogen-bond donors (Lipinski definition) is 4. The lowest BCUT2D eigenvalue weighted by Crippen LogP contribution is -2.42. The Bertz CT molecular complexity index is 1360. The van der Waals surface area contributed by atoms with Crippen molar-refractivity contribution in [3.05, 3.63) is 63.3 Å². The average molecular weight is 573 g/mol. The van der Waals surface area contributed by atoms with Crippen LogP contribution in [-0.4, -0.2) is 55.1 Å². The third kappa shape index (κ3) is 6.70. The maximum atomic E-state index is 12.9. The standard InChI is InChI=1S/C27H30Cl2N6O4/c1-4-15-6-5-7-21(23(15)25(37)30-2)39-26-19(29)14-32-27(35-26)34-20-13-18(28)17(12-22(20)38-3)24(36)33-16-8-10-31-11-9-16/h5-7,12-14,16,31H,4,8-11H2,1-3H3,(H,30,37)(H,33,36)(H,32,34,35). The van der Waals surface area contributed by atoms with Gasteiger partial charge in [0.2, 0.25) is 11.8 Å². The van der Waals surface area contributed by atoms with Crippen LogP contribution in [0.2, 0.25) is 10.0 Å². The van der Waals surface area contributed by atoms with Crippen LogP contribution < -0.4 is 30.7 Å². The minimum Gasteiger partial charge on any atom is -0.495 e. The highest BCUT2D eigenvalue weighted by Crippen LogP contribution is 2.35. The van der Waals surface area contributed by atoms with Gasteiger partial charge in [0.05, 0.1) is 35.1 Å². The van der Waals surface area contributed by atoms with Crippen LogP contribution in [-0.2, 0) is 6.42 Å². The smallest absolute Gasteiger partial charge is 0.255 e. The Labute approximate surface area is 236 Å². The molecule has 4 N–H and O–H groups in total. The van der Waals surface area contributed by atoms with Crippen LogP contribution in [0.5, 0.6) is 17.4 Å². The van der Waals surface area contributed by atoms with Gasteiger partial charge in [-0.15, -0.1) is 0 Å². The summed E-state index contributed by atoms with van der Waals surface area (Å²) in [5.41, 5.74) is 1.96. The lowest BCUT2D eigenvalue weighted by atomic mass is 10.0. The molecule has 0 unspecified atom stereocenters. The van der Waals surface area contributed by atoms with E-state index in [1.165, 1.54) is 13.3 Å². The molecule has 1 fully saturated rings. The van der Waals surface area contributed by atoms with Crippen LogP contribution in [0.15, 0.2) is 36.5 Å². The molecule has 39 heavy (non-hydrogen) atoms. The number of aromatic nitrogens is 2. The molecule has 0 aliphatic carbocycles. The lowest BCUT2D eigenvalue weighted by Gasteiger charge is -2.24. The third-order valence-corrected chi connectivity index (χ3v) is 6.89. The van der Waals surface area contributed by atoms with Crippen molar-refractivity contribution >= 4 is 46.7 Å². The first-order chi connectivity index (χ1) is 18.8. The van der Waals surface area contributed by atoms with Gasteiger partial charge in [0.1, 0.15) is 16.5 Å². The molecule has 0 atom stereocenters. The summed E-state index contributed by atoms with van der Waals surface area (Å²) in [5.74, 6) is 0.323. The van der Waals surface area contributed by atoms with Gasteiger partial charge in [-0.2, -0.15) is 4.98 Å². The van der Waals surface area contributed by atoms with Crippen molar-refractivity contribution in [2.24, 2.45) is 0 Å². The van der Waals surface area contributed by atoms with E-state index >= 15 is 0 Å². The number of halogens is 2. The van der Waals surface area contributed by atoms with E-state index in [-0.39, 0.29) is 39.7 Å². The van der Waals surface area contributed by atoms with E-state index in [1.54, 1.807) is 31.3 Å². The van der Waals surface area contributed by atoms with Gasteiger partial charge in [-0.05, 0) is 56.1 Å². The first kappa shape index (κ1) is 28.4. The van der Waals surface area contributed by atoms with Gasteiger partial charge in [0, 0.05) is 13.1 Å². The van der Waals surface area contributed by atoms with Gasteiger partial charge in [-0.1, -0.05) is 42.3 Å². The van der Waals surface area contributed by atoms with E-state index < -0.39 is 0 Å². The van der Waals surface area contributed by atoms with Gasteiger partial charge < -0.3 is 30.7 Å². The van der Waals surface area contributed by atoms with Crippen molar-refractivity contribution in [3.63, 3.8) is 0 Å². The molecule has 0 saturated carbocycles. The van der Waals surface area contributed by atoms with Crippen molar-refractivity contribution < 1.29 is 19.1 Å². The van der Waals surface area contributed by atoms with Gasteiger partial charge in [-0.3, -0.25) is 9.59 Å². The fraction of sp³-hybridized carbons (Fsp3) is 0.333. The first-order valence-electron chi connectivity index (χ1n) is 12.5. The second kappa shape index (κ2) is 13.0. The fourth-order valence-electron chi connectivity index (χ4n) is 4.27. The first-order valence-corrected chi connectivity index (χ1v) is 13.3. The van der Waals surface area contributed by atoms with Crippen molar-refractivity contribution in [1.82, 2.24) is 25.9 Å². The molecule has 3 aromatic rings. The SMILES string of the molecule is CCc1cccc(Oc2nc(Nc3cc(Cl)c(C(=O)NC4CCNCC4)cc3OC)ncc2Cl)c1C(=O)NC. The number of carbonyl (C=O) groups excluding carboxylic acids is 2. The normalized spacial score (nSPS) is 13.5.